The Balaban J connectivity index is 1.50. The van der Waals surface area contributed by atoms with Crippen molar-refractivity contribution in [3.8, 4) is 0 Å². The van der Waals surface area contributed by atoms with Gasteiger partial charge in [-0.05, 0) is 66.8 Å². The molecule has 1 unspecified atom stereocenters. The fourth-order valence-electron chi connectivity index (χ4n) is 6.76. The molecule has 0 radical (unpaired) electrons. The number of nitrogens with zero attached hydrogens (tertiary/aromatic N) is 2. The van der Waals surface area contributed by atoms with Crippen LogP contribution in [-0.2, 0) is 39.0 Å². The SMILES string of the molecule is CC(O)(CN1CCNCC1)c1cc(F)c2c(c1)CN(Cc1ccc(Cl)cc1S(C)(=O)=O)[C@@]2(OCC1(CO)CC1)c1ccc(Cl)cc1. The molecule has 1 aliphatic carbocycles. The first-order valence-corrected chi connectivity index (χ1v) is 18.1. The fourth-order valence-corrected chi connectivity index (χ4v) is 8.07. The summed E-state index contributed by atoms with van der Waals surface area (Å²) in [6.07, 6.45) is 2.69. The quantitative estimate of drug-likeness (QED) is 0.267. The number of hydrogen-bond acceptors (Lipinski definition) is 8. The van der Waals surface area contributed by atoms with E-state index in [0.29, 0.717) is 39.4 Å². The molecule has 6 rings (SSSR count). The van der Waals surface area contributed by atoms with Crippen LogP contribution in [0.25, 0.3) is 0 Å². The van der Waals surface area contributed by atoms with E-state index < -0.39 is 32.4 Å². The molecular weight excluding hydrogens is 652 g/mol. The Morgan fingerprint density at radius 1 is 1.04 bits per heavy atom. The molecule has 8 nitrogen and oxygen atoms in total. The molecule has 3 aliphatic rings. The zero-order chi connectivity index (χ0) is 32.9. The molecule has 0 spiro atoms. The van der Waals surface area contributed by atoms with E-state index in [1.54, 1.807) is 43.3 Å². The predicted molar refractivity (Wildman–Crippen MR) is 176 cm³/mol. The van der Waals surface area contributed by atoms with E-state index >= 15 is 4.39 Å². The number of aliphatic hydroxyl groups is 2. The summed E-state index contributed by atoms with van der Waals surface area (Å²) >= 11 is 12.5. The molecule has 1 saturated heterocycles. The minimum Gasteiger partial charge on any atom is -0.396 e. The van der Waals surface area contributed by atoms with Crippen LogP contribution in [-0.4, -0.2) is 80.6 Å². The average Bonchev–Trinajstić information content (AvgIpc) is 3.72. The third kappa shape index (κ3) is 6.61. The lowest BCUT2D eigenvalue weighted by atomic mass is 9.87. The van der Waals surface area contributed by atoms with Gasteiger partial charge in [-0.25, -0.2) is 12.8 Å². The number of β-amino-alcohol motifs (C(OH)–C–C–N with tert-alkyl or cyclic N) is 1. The van der Waals surface area contributed by atoms with Crippen LogP contribution in [0.4, 0.5) is 4.39 Å². The van der Waals surface area contributed by atoms with E-state index in [0.717, 1.165) is 45.3 Å². The van der Waals surface area contributed by atoms with Crippen molar-refractivity contribution < 1.29 is 27.8 Å². The highest BCUT2D eigenvalue weighted by Gasteiger charge is 2.53. The summed E-state index contributed by atoms with van der Waals surface area (Å²) in [5.41, 5.74) is -0.809. The lowest BCUT2D eigenvalue weighted by molar-refractivity contribution is -0.148. The molecule has 248 valence electrons. The summed E-state index contributed by atoms with van der Waals surface area (Å²) < 4.78 is 49.5. The van der Waals surface area contributed by atoms with Gasteiger partial charge in [0.05, 0.1) is 23.7 Å². The van der Waals surface area contributed by atoms with E-state index in [1.165, 1.54) is 12.1 Å². The number of fused-ring (bicyclic) bond motifs is 1. The standard InChI is InChI=1S/C34H40Cl2FN3O5S/c1-32(42,20-39-13-11-38-12-14-39)26-15-24-19-40(18-23-3-6-28(36)17-30(23)46(2,43)44)34(31(24)29(37)16-26,25-4-7-27(35)8-5-25)45-22-33(21-41)9-10-33/h3-8,15-17,38,41-42H,9-14,18-22H2,1-2H3/t32?,34-/m1/s1. The van der Waals surface area contributed by atoms with Crippen LogP contribution in [0, 0.1) is 11.2 Å². The Bertz CT molecular complexity index is 1710. The summed E-state index contributed by atoms with van der Waals surface area (Å²) in [7, 11) is -3.67. The summed E-state index contributed by atoms with van der Waals surface area (Å²) in [6.45, 7) is 5.61. The molecule has 2 fully saturated rings. The van der Waals surface area contributed by atoms with Crippen molar-refractivity contribution in [2.24, 2.45) is 5.41 Å². The zero-order valence-corrected chi connectivity index (χ0v) is 28.4. The lowest BCUT2D eigenvalue weighted by Crippen LogP contribution is -2.48. The van der Waals surface area contributed by atoms with Gasteiger partial charge in [-0.3, -0.25) is 9.80 Å². The van der Waals surface area contributed by atoms with E-state index in [9.17, 15) is 18.6 Å². The maximum absolute atomic E-state index is 16.8. The van der Waals surface area contributed by atoms with E-state index in [-0.39, 0.29) is 36.2 Å². The number of piperazine rings is 1. The Labute approximate surface area is 280 Å². The first kappa shape index (κ1) is 33.8. The van der Waals surface area contributed by atoms with Crippen LogP contribution in [0.15, 0.2) is 59.5 Å². The van der Waals surface area contributed by atoms with Gasteiger partial charge in [0.15, 0.2) is 15.6 Å². The second-order valence-electron chi connectivity index (χ2n) is 13.3. The predicted octanol–water partition coefficient (Wildman–Crippen LogP) is 4.65. The largest absolute Gasteiger partial charge is 0.396 e. The molecule has 0 bridgehead atoms. The summed E-state index contributed by atoms with van der Waals surface area (Å²) in [4.78, 5) is 4.16. The average molecular weight is 693 g/mol. The number of rotatable bonds is 11. The van der Waals surface area contributed by atoms with Crippen molar-refractivity contribution in [1.29, 1.82) is 0 Å². The Hall–Kier alpha value is -2.12. The molecular formula is C34H40Cl2FN3O5S. The van der Waals surface area contributed by atoms with Crippen molar-refractivity contribution in [2.45, 2.75) is 49.1 Å². The van der Waals surface area contributed by atoms with Gasteiger partial charge >= 0.3 is 0 Å². The van der Waals surface area contributed by atoms with Gasteiger partial charge in [0, 0.05) is 78.7 Å². The van der Waals surface area contributed by atoms with Crippen LogP contribution in [0.2, 0.25) is 10.0 Å². The first-order valence-electron chi connectivity index (χ1n) is 15.5. The molecule has 1 saturated carbocycles. The molecule has 3 aromatic carbocycles. The number of sulfone groups is 1. The van der Waals surface area contributed by atoms with Gasteiger partial charge in [-0.1, -0.05) is 47.5 Å². The summed E-state index contributed by atoms with van der Waals surface area (Å²) in [5, 5.41) is 26.0. The molecule has 0 amide bonds. The van der Waals surface area contributed by atoms with Gasteiger partial charge in [0.1, 0.15) is 5.82 Å². The van der Waals surface area contributed by atoms with Gasteiger partial charge in [0.25, 0.3) is 0 Å². The third-order valence-electron chi connectivity index (χ3n) is 9.59. The second-order valence-corrected chi connectivity index (χ2v) is 16.1. The molecule has 3 aromatic rings. The fraction of sp³-hybridized carbons (Fsp3) is 0.471. The van der Waals surface area contributed by atoms with Crippen molar-refractivity contribution in [3.05, 3.63) is 98.3 Å². The van der Waals surface area contributed by atoms with Crippen molar-refractivity contribution in [1.82, 2.24) is 15.1 Å². The minimum absolute atomic E-state index is 0.0672. The summed E-state index contributed by atoms with van der Waals surface area (Å²) in [5.74, 6) is -0.543. The maximum atomic E-state index is 16.8. The molecule has 2 atom stereocenters. The number of nitrogens with one attached hydrogen (secondary N) is 1. The number of halogens is 3. The molecule has 12 heteroatoms. The van der Waals surface area contributed by atoms with Crippen LogP contribution < -0.4 is 5.32 Å². The van der Waals surface area contributed by atoms with E-state index in [2.05, 4.69) is 10.2 Å². The Morgan fingerprint density at radius 2 is 1.72 bits per heavy atom. The topological polar surface area (TPSA) is 102 Å². The number of aliphatic hydroxyl groups excluding tert-OH is 1. The highest BCUT2D eigenvalue weighted by molar-refractivity contribution is 7.90. The van der Waals surface area contributed by atoms with Crippen LogP contribution in [0.1, 0.15) is 47.6 Å². The van der Waals surface area contributed by atoms with Crippen LogP contribution in [0.3, 0.4) is 0 Å². The smallest absolute Gasteiger partial charge is 0.177 e. The number of ether oxygens (including phenoxy) is 1. The van der Waals surface area contributed by atoms with Crippen LogP contribution >= 0.6 is 23.2 Å². The summed E-state index contributed by atoms with van der Waals surface area (Å²) in [6, 6.07) is 15.0. The number of hydrogen-bond donors (Lipinski definition) is 3. The third-order valence-corrected chi connectivity index (χ3v) is 11.3. The molecule has 46 heavy (non-hydrogen) atoms. The Morgan fingerprint density at radius 3 is 2.35 bits per heavy atom. The van der Waals surface area contributed by atoms with Crippen molar-refractivity contribution in [2.75, 3.05) is 52.2 Å². The van der Waals surface area contributed by atoms with Gasteiger partial charge in [-0.2, -0.15) is 0 Å². The highest BCUT2D eigenvalue weighted by Crippen LogP contribution is 2.52. The normalized spacial score (nSPS) is 22.8. The maximum Gasteiger partial charge on any atom is 0.177 e. The van der Waals surface area contributed by atoms with Crippen molar-refractivity contribution >= 4 is 33.0 Å². The monoisotopic (exact) mass is 691 g/mol. The van der Waals surface area contributed by atoms with Gasteiger partial charge in [-0.15, -0.1) is 0 Å². The van der Waals surface area contributed by atoms with Gasteiger partial charge in [0.2, 0.25) is 0 Å². The molecule has 2 aliphatic heterocycles. The van der Waals surface area contributed by atoms with Crippen molar-refractivity contribution in [3.63, 3.8) is 0 Å². The van der Waals surface area contributed by atoms with E-state index in [4.69, 9.17) is 27.9 Å². The highest BCUT2D eigenvalue weighted by atomic mass is 35.5. The Kier molecular flexibility index (Phi) is 9.34. The number of benzene rings is 3. The second kappa shape index (κ2) is 12.7. The zero-order valence-electron chi connectivity index (χ0n) is 26.0. The molecule has 0 aromatic heterocycles. The minimum atomic E-state index is -3.67. The van der Waals surface area contributed by atoms with Gasteiger partial charge < -0.3 is 20.3 Å². The van der Waals surface area contributed by atoms with E-state index in [1.807, 2.05) is 11.0 Å². The molecule has 2 heterocycles. The lowest BCUT2D eigenvalue weighted by Gasteiger charge is -2.41. The van der Waals surface area contributed by atoms with Crippen LogP contribution in [0.5, 0.6) is 0 Å². The molecule has 3 N–H and O–H groups in total. The first-order chi connectivity index (χ1) is 21.8.